The molecule has 0 radical (unpaired) electrons. The number of anilines is 1. The maximum atomic E-state index is 11.2. The molecule has 17 heavy (non-hydrogen) atoms. The van der Waals surface area contributed by atoms with E-state index in [-0.39, 0.29) is 12.5 Å². The first-order valence-corrected chi connectivity index (χ1v) is 5.43. The molecule has 0 heterocycles. The number of carbonyl (C=O) groups excluding carboxylic acids is 1. The molecule has 0 aliphatic carbocycles. The first-order chi connectivity index (χ1) is 8.01. The molecule has 0 N–H and O–H groups in total. The average molecular weight is 237 g/mol. The molecular formula is C13H19NO3. The quantitative estimate of drug-likeness (QED) is 0.750. The number of methoxy groups -OCH3 is 2. The van der Waals surface area contributed by atoms with Crippen LogP contribution in [0.15, 0.2) is 12.1 Å². The van der Waals surface area contributed by atoms with Gasteiger partial charge in [0.1, 0.15) is 12.3 Å². The molecule has 0 aliphatic heterocycles. The van der Waals surface area contributed by atoms with Crippen LogP contribution < -0.4 is 9.64 Å². The van der Waals surface area contributed by atoms with Crippen molar-refractivity contribution in [1.29, 1.82) is 0 Å². The molecule has 0 saturated carbocycles. The van der Waals surface area contributed by atoms with Crippen LogP contribution in [-0.2, 0) is 9.53 Å². The lowest BCUT2D eigenvalue weighted by atomic mass is 10.1. The first-order valence-electron chi connectivity index (χ1n) is 5.43. The lowest BCUT2D eigenvalue weighted by Crippen LogP contribution is -2.27. The van der Waals surface area contributed by atoms with Gasteiger partial charge in [0.2, 0.25) is 0 Å². The van der Waals surface area contributed by atoms with Crippen LogP contribution in [0, 0.1) is 13.8 Å². The molecule has 4 nitrogen and oxygen atoms in total. The molecule has 0 spiro atoms. The van der Waals surface area contributed by atoms with Crippen molar-refractivity contribution in [2.24, 2.45) is 0 Å². The highest BCUT2D eigenvalue weighted by molar-refractivity contribution is 5.76. The lowest BCUT2D eigenvalue weighted by molar-refractivity contribution is -0.138. The van der Waals surface area contributed by atoms with E-state index in [1.807, 2.05) is 37.9 Å². The molecule has 94 valence electrons. The molecular weight excluding hydrogens is 218 g/mol. The minimum absolute atomic E-state index is 0.239. The van der Waals surface area contributed by atoms with E-state index in [0.717, 1.165) is 22.6 Å². The molecule has 0 aromatic heterocycles. The van der Waals surface area contributed by atoms with Gasteiger partial charge in [-0.3, -0.25) is 4.79 Å². The highest BCUT2D eigenvalue weighted by Gasteiger charge is 2.12. The number of ether oxygens (including phenoxy) is 2. The molecule has 0 atom stereocenters. The lowest BCUT2D eigenvalue weighted by Gasteiger charge is -2.22. The van der Waals surface area contributed by atoms with Crippen LogP contribution in [0.4, 0.5) is 5.69 Å². The van der Waals surface area contributed by atoms with Crippen molar-refractivity contribution in [2.75, 3.05) is 32.7 Å². The predicted octanol–water partition coefficient (Wildman–Crippen LogP) is 1.92. The van der Waals surface area contributed by atoms with Crippen molar-refractivity contribution in [3.8, 4) is 5.75 Å². The second-order valence-corrected chi connectivity index (χ2v) is 3.97. The summed E-state index contributed by atoms with van der Waals surface area (Å²) in [4.78, 5) is 13.1. The van der Waals surface area contributed by atoms with Gasteiger partial charge in [-0.25, -0.2) is 0 Å². The van der Waals surface area contributed by atoms with Gasteiger partial charge < -0.3 is 14.4 Å². The SMILES string of the molecule is COC(=O)CN(C)c1ccc(OC)c(C)c1C. The molecule has 0 aliphatic rings. The number of hydrogen-bond donors (Lipinski definition) is 0. The highest BCUT2D eigenvalue weighted by atomic mass is 16.5. The fourth-order valence-electron chi connectivity index (χ4n) is 1.76. The van der Waals surface area contributed by atoms with Crippen LogP contribution in [-0.4, -0.2) is 33.8 Å². The third-order valence-electron chi connectivity index (χ3n) is 2.93. The van der Waals surface area contributed by atoms with E-state index in [0.29, 0.717) is 0 Å². The van der Waals surface area contributed by atoms with Gasteiger partial charge in [0.05, 0.1) is 14.2 Å². The molecule has 0 amide bonds. The Kier molecular flexibility index (Phi) is 4.37. The van der Waals surface area contributed by atoms with E-state index in [9.17, 15) is 4.79 Å². The second kappa shape index (κ2) is 5.57. The molecule has 0 saturated heterocycles. The van der Waals surface area contributed by atoms with Crippen LogP contribution in [0.25, 0.3) is 0 Å². The summed E-state index contributed by atoms with van der Waals surface area (Å²) in [7, 11) is 4.91. The zero-order valence-corrected chi connectivity index (χ0v) is 11.0. The maximum Gasteiger partial charge on any atom is 0.325 e. The third kappa shape index (κ3) is 2.90. The summed E-state index contributed by atoms with van der Waals surface area (Å²) in [5.74, 6) is 0.609. The fourth-order valence-corrected chi connectivity index (χ4v) is 1.76. The van der Waals surface area contributed by atoms with Gasteiger partial charge in [-0.2, -0.15) is 0 Å². The zero-order chi connectivity index (χ0) is 13.0. The van der Waals surface area contributed by atoms with Gasteiger partial charge in [-0.15, -0.1) is 0 Å². The first kappa shape index (κ1) is 13.4. The number of rotatable bonds is 4. The number of carbonyl (C=O) groups is 1. The second-order valence-electron chi connectivity index (χ2n) is 3.97. The normalized spacial score (nSPS) is 9.94. The molecule has 0 fully saturated rings. The van der Waals surface area contributed by atoms with Crippen LogP contribution in [0.3, 0.4) is 0 Å². The van der Waals surface area contributed by atoms with E-state index < -0.39 is 0 Å². The maximum absolute atomic E-state index is 11.2. The summed E-state index contributed by atoms with van der Waals surface area (Å²) in [6.07, 6.45) is 0. The smallest absolute Gasteiger partial charge is 0.325 e. The summed E-state index contributed by atoms with van der Waals surface area (Å²) in [6, 6.07) is 3.86. The van der Waals surface area contributed by atoms with Crippen molar-refractivity contribution in [3.63, 3.8) is 0 Å². The number of hydrogen-bond acceptors (Lipinski definition) is 4. The van der Waals surface area contributed by atoms with Crippen LogP contribution >= 0.6 is 0 Å². The van der Waals surface area contributed by atoms with Gasteiger partial charge in [0, 0.05) is 12.7 Å². The molecule has 0 bridgehead atoms. The number of likely N-dealkylation sites (N-methyl/N-ethyl adjacent to an activating group) is 1. The molecule has 1 aromatic rings. The Labute approximate surface area is 102 Å². The Morgan fingerprint density at radius 1 is 1.24 bits per heavy atom. The van der Waals surface area contributed by atoms with Crippen molar-refractivity contribution >= 4 is 11.7 Å². The van der Waals surface area contributed by atoms with Crippen LogP contribution in [0.5, 0.6) is 5.75 Å². The van der Waals surface area contributed by atoms with Gasteiger partial charge in [-0.1, -0.05) is 0 Å². The number of benzene rings is 1. The van der Waals surface area contributed by atoms with Crippen LogP contribution in [0.1, 0.15) is 11.1 Å². The van der Waals surface area contributed by atoms with E-state index in [1.165, 1.54) is 7.11 Å². The van der Waals surface area contributed by atoms with Gasteiger partial charge in [-0.05, 0) is 37.1 Å². The Balaban J connectivity index is 2.99. The fraction of sp³-hybridized carbons (Fsp3) is 0.462. The summed E-state index contributed by atoms with van der Waals surface area (Å²) in [5.41, 5.74) is 3.20. The largest absolute Gasteiger partial charge is 0.496 e. The van der Waals surface area contributed by atoms with Gasteiger partial charge in [0.15, 0.2) is 0 Å². The predicted molar refractivity (Wildman–Crippen MR) is 67.8 cm³/mol. The third-order valence-corrected chi connectivity index (χ3v) is 2.93. The van der Waals surface area contributed by atoms with Crippen molar-refractivity contribution in [2.45, 2.75) is 13.8 Å². The molecule has 0 unspecified atom stereocenters. The van der Waals surface area contributed by atoms with Crippen LogP contribution in [0.2, 0.25) is 0 Å². The minimum Gasteiger partial charge on any atom is -0.496 e. The van der Waals surface area contributed by atoms with E-state index in [1.54, 1.807) is 7.11 Å². The summed E-state index contributed by atoms with van der Waals surface area (Å²) < 4.78 is 9.90. The standard InChI is InChI=1S/C13H19NO3/c1-9-10(2)12(16-4)7-6-11(9)14(3)8-13(15)17-5/h6-7H,8H2,1-5H3. The minimum atomic E-state index is -0.250. The van der Waals surface area contributed by atoms with Gasteiger partial charge in [0.25, 0.3) is 0 Å². The summed E-state index contributed by atoms with van der Waals surface area (Å²) in [6.45, 7) is 4.26. The number of esters is 1. The zero-order valence-electron chi connectivity index (χ0n) is 11.0. The molecule has 1 aromatic carbocycles. The highest BCUT2D eigenvalue weighted by Crippen LogP contribution is 2.29. The topological polar surface area (TPSA) is 38.8 Å². The van der Waals surface area contributed by atoms with E-state index in [2.05, 4.69) is 4.74 Å². The Morgan fingerprint density at radius 2 is 1.88 bits per heavy atom. The Morgan fingerprint density at radius 3 is 2.41 bits per heavy atom. The molecule has 1 rings (SSSR count). The Bertz CT molecular complexity index is 415. The Hall–Kier alpha value is -1.71. The summed E-state index contributed by atoms with van der Waals surface area (Å²) in [5, 5.41) is 0. The molecule has 4 heteroatoms. The summed E-state index contributed by atoms with van der Waals surface area (Å²) >= 11 is 0. The van der Waals surface area contributed by atoms with E-state index >= 15 is 0 Å². The van der Waals surface area contributed by atoms with Crippen molar-refractivity contribution in [1.82, 2.24) is 0 Å². The van der Waals surface area contributed by atoms with E-state index in [4.69, 9.17) is 4.74 Å². The van der Waals surface area contributed by atoms with Gasteiger partial charge >= 0.3 is 5.97 Å². The van der Waals surface area contributed by atoms with Crippen molar-refractivity contribution < 1.29 is 14.3 Å². The van der Waals surface area contributed by atoms with Crippen molar-refractivity contribution in [3.05, 3.63) is 23.3 Å². The monoisotopic (exact) mass is 237 g/mol. The number of nitrogens with zero attached hydrogens (tertiary/aromatic N) is 1. The average Bonchev–Trinajstić information content (AvgIpc) is 2.32.